The molecule has 0 heteroatoms. The number of hydrogen-bond donors (Lipinski definition) is 0. The Bertz CT molecular complexity index is 132. The van der Waals surface area contributed by atoms with Crippen LogP contribution in [0.3, 0.4) is 0 Å². The lowest BCUT2D eigenvalue weighted by Gasteiger charge is -2.59. The Morgan fingerprint density at radius 2 is 1.25 bits per heavy atom. The maximum Gasteiger partial charge on any atom is -0.0352 e. The molecule has 2 rings (SSSR count). The zero-order valence-electron chi connectivity index (χ0n) is 8.55. The van der Waals surface area contributed by atoms with Crippen molar-refractivity contribution in [1.29, 1.82) is 0 Å². The molecule has 0 aromatic heterocycles. The van der Waals surface area contributed by atoms with Gasteiger partial charge in [-0.25, -0.2) is 0 Å². The van der Waals surface area contributed by atoms with Gasteiger partial charge in [0.15, 0.2) is 0 Å². The summed E-state index contributed by atoms with van der Waals surface area (Å²) in [6, 6.07) is 0. The molecule has 4 atom stereocenters. The molecule has 70 valence electrons. The summed E-state index contributed by atoms with van der Waals surface area (Å²) in [4.78, 5) is 0. The van der Waals surface area contributed by atoms with Crippen molar-refractivity contribution in [2.75, 3.05) is 0 Å². The lowest BCUT2D eigenvalue weighted by Crippen LogP contribution is -2.51. The number of hydrogen-bond acceptors (Lipinski definition) is 0. The van der Waals surface area contributed by atoms with Gasteiger partial charge in [-0.2, -0.15) is 0 Å². The van der Waals surface area contributed by atoms with Crippen LogP contribution in [0.25, 0.3) is 0 Å². The lowest BCUT2D eigenvalue weighted by molar-refractivity contribution is -0.0937. The zero-order valence-corrected chi connectivity index (χ0v) is 8.55. The first-order chi connectivity index (χ1) is 5.86. The average molecular weight is 166 g/mol. The van der Waals surface area contributed by atoms with Crippen LogP contribution in [0.15, 0.2) is 0 Å². The van der Waals surface area contributed by atoms with Crippen molar-refractivity contribution in [3.05, 3.63) is 0 Å². The smallest absolute Gasteiger partial charge is 0.0352 e. The Balaban J connectivity index is 1.70. The lowest BCUT2D eigenvalue weighted by atomic mass is 9.46. The molecule has 2 fully saturated rings. The minimum atomic E-state index is 1.15. The van der Waals surface area contributed by atoms with E-state index in [2.05, 4.69) is 13.8 Å². The van der Waals surface area contributed by atoms with Crippen LogP contribution in [0.5, 0.6) is 0 Å². The van der Waals surface area contributed by atoms with Crippen LogP contribution in [0.4, 0.5) is 0 Å². The van der Waals surface area contributed by atoms with Gasteiger partial charge in [-0.15, -0.1) is 0 Å². The fourth-order valence-electron chi connectivity index (χ4n) is 3.50. The van der Waals surface area contributed by atoms with Crippen molar-refractivity contribution in [2.45, 2.75) is 52.4 Å². The van der Waals surface area contributed by atoms with Crippen LogP contribution in [0.1, 0.15) is 52.4 Å². The van der Waals surface area contributed by atoms with Gasteiger partial charge >= 0.3 is 0 Å². The van der Waals surface area contributed by atoms with Crippen LogP contribution in [0, 0.1) is 23.7 Å². The Kier molecular flexibility index (Phi) is 2.43. The molecule has 0 saturated heterocycles. The maximum atomic E-state index is 2.33. The third-order valence-corrected chi connectivity index (χ3v) is 4.23. The summed E-state index contributed by atoms with van der Waals surface area (Å²) in [5.41, 5.74) is 0. The van der Waals surface area contributed by atoms with E-state index in [1.54, 1.807) is 12.8 Å². The normalized spacial score (nSPS) is 44.5. The third kappa shape index (κ3) is 1.20. The minimum absolute atomic E-state index is 1.15. The van der Waals surface area contributed by atoms with E-state index in [1.807, 2.05) is 0 Å². The van der Waals surface area contributed by atoms with E-state index >= 15 is 0 Å². The molecule has 12 heavy (non-hydrogen) atoms. The summed E-state index contributed by atoms with van der Waals surface area (Å²) in [6.07, 6.45) is 9.02. The molecule has 0 nitrogen and oxygen atoms in total. The maximum absolute atomic E-state index is 2.33. The summed E-state index contributed by atoms with van der Waals surface area (Å²) in [5, 5.41) is 0. The summed E-state index contributed by atoms with van der Waals surface area (Å²) in [6.45, 7) is 4.66. The van der Waals surface area contributed by atoms with Gasteiger partial charge in [-0.05, 0) is 36.5 Å². The van der Waals surface area contributed by atoms with Crippen LogP contribution in [-0.2, 0) is 0 Å². The van der Waals surface area contributed by atoms with Crippen molar-refractivity contribution < 1.29 is 0 Å². The molecule has 0 heterocycles. The second kappa shape index (κ2) is 3.40. The fraction of sp³-hybridized carbons (Fsp3) is 1.00. The highest BCUT2D eigenvalue weighted by molar-refractivity contribution is 5.01. The van der Waals surface area contributed by atoms with Gasteiger partial charge in [-0.1, -0.05) is 39.5 Å². The van der Waals surface area contributed by atoms with E-state index < -0.39 is 0 Å². The average Bonchev–Trinajstić information content (AvgIpc) is 2.06. The SMILES string of the molecule is CCCC1CC2C(CCC)CC12. The fourth-order valence-corrected chi connectivity index (χ4v) is 3.50. The van der Waals surface area contributed by atoms with Crippen molar-refractivity contribution in [3.8, 4) is 0 Å². The molecule has 2 saturated carbocycles. The largest absolute Gasteiger partial charge is 0.0654 e. The van der Waals surface area contributed by atoms with Crippen LogP contribution in [0.2, 0.25) is 0 Å². The Hall–Kier alpha value is 0. The van der Waals surface area contributed by atoms with Crippen LogP contribution < -0.4 is 0 Å². The van der Waals surface area contributed by atoms with Crippen molar-refractivity contribution in [1.82, 2.24) is 0 Å². The summed E-state index contributed by atoms with van der Waals surface area (Å²) < 4.78 is 0. The van der Waals surface area contributed by atoms with E-state index in [4.69, 9.17) is 0 Å². The molecule has 0 spiro atoms. The predicted octanol–water partition coefficient (Wildman–Crippen LogP) is 3.86. The predicted molar refractivity (Wildman–Crippen MR) is 53.0 cm³/mol. The van der Waals surface area contributed by atoms with Crippen molar-refractivity contribution in [3.63, 3.8) is 0 Å². The van der Waals surface area contributed by atoms with Gasteiger partial charge < -0.3 is 0 Å². The summed E-state index contributed by atoms with van der Waals surface area (Å²) in [7, 11) is 0. The Morgan fingerprint density at radius 3 is 1.50 bits per heavy atom. The zero-order chi connectivity index (χ0) is 8.55. The second-order valence-electron chi connectivity index (χ2n) is 4.90. The summed E-state index contributed by atoms with van der Waals surface area (Å²) in [5.74, 6) is 4.66. The highest BCUT2D eigenvalue weighted by Gasteiger charge is 2.51. The van der Waals surface area contributed by atoms with Crippen LogP contribution >= 0.6 is 0 Å². The Morgan fingerprint density at radius 1 is 0.833 bits per heavy atom. The molecule has 0 radical (unpaired) electrons. The van der Waals surface area contributed by atoms with E-state index in [1.165, 1.54) is 37.5 Å². The third-order valence-electron chi connectivity index (χ3n) is 4.23. The van der Waals surface area contributed by atoms with E-state index in [-0.39, 0.29) is 0 Å². The molecular weight excluding hydrogens is 144 g/mol. The van der Waals surface area contributed by atoms with Crippen molar-refractivity contribution >= 4 is 0 Å². The first kappa shape index (κ1) is 8.59. The van der Waals surface area contributed by atoms with Gasteiger partial charge in [0, 0.05) is 0 Å². The van der Waals surface area contributed by atoms with Gasteiger partial charge in [-0.3, -0.25) is 0 Å². The van der Waals surface area contributed by atoms with Gasteiger partial charge in [0.05, 0.1) is 0 Å². The molecule has 0 aliphatic heterocycles. The van der Waals surface area contributed by atoms with E-state index in [0.29, 0.717) is 0 Å². The molecule has 0 bridgehead atoms. The number of rotatable bonds is 4. The van der Waals surface area contributed by atoms with Crippen LogP contribution in [-0.4, -0.2) is 0 Å². The molecule has 0 amide bonds. The Labute approximate surface area is 76.7 Å². The van der Waals surface area contributed by atoms with E-state index in [9.17, 15) is 0 Å². The minimum Gasteiger partial charge on any atom is -0.0654 e. The molecule has 4 unspecified atom stereocenters. The monoisotopic (exact) mass is 166 g/mol. The second-order valence-corrected chi connectivity index (χ2v) is 4.90. The van der Waals surface area contributed by atoms with Gasteiger partial charge in [0.25, 0.3) is 0 Å². The number of fused-ring (bicyclic) bond motifs is 1. The highest BCUT2D eigenvalue weighted by Crippen LogP contribution is 2.60. The highest BCUT2D eigenvalue weighted by atomic mass is 14.6. The molecule has 2 aliphatic rings. The molecule has 0 aromatic carbocycles. The summed E-state index contributed by atoms with van der Waals surface area (Å²) >= 11 is 0. The van der Waals surface area contributed by atoms with Gasteiger partial charge in [0.1, 0.15) is 0 Å². The molecule has 0 aromatic rings. The molecular formula is C12H22. The standard InChI is InChI=1S/C12H22/c1-3-5-9-7-12-10(6-4-2)8-11(9)12/h9-12H,3-8H2,1-2H3. The first-order valence-electron chi connectivity index (χ1n) is 5.86. The van der Waals surface area contributed by atoms with Gasteiger partial charge in [0.2, 0.25) is 0 Å². The van der Waals surface area contributed by atoms with Crippen molar-refractivity contribution in [2.24, 2.45) is 23.7 Å². The molecule has 0 N–H and O–H groups in total. The topological polar surface area (TPSA) is 0 Å². The molecule has 2 aliphatic carbocycles. The first-order valence-corrected chi connectivity index (χ1v) is 5.86. The quantitative estimate of drug-likeness (QED) is 0.595. The van der Waals surface area contributed by atoms with E-state index in [0.717, 1.165) is 11.8 Å².